The van der Waals surface area contributed by atoms with Gasteiger partial charge in [0.05, 0.1) is 10.4 Å². The lowest BCUT2D eigenvalue weighted by molar-refractivity contribution is 0.849. The van der Waals surface area contributed by atoms with E-state index in [1.165, 1.54) is 21.3 Å². The third-order valence-electron chi connectivity index (χ3n) is 2.28. The molecule has 15 heavy (non-hydrogen) atoms. The lowest BCUT2D eigenvalue weighted by atomic mass is 10.0. The van der Waals surface area contributed by atoms with Crippen LogP contribution in [0, 0.1) is 6.92 Å². The van der Waals surface area contributed by atoms with Gasteiger partial charge in [0.1, 0.15) is 0 Å². The van der Waals surface area contributed by atoms with Gasteiger partial charge in [-0.25, -0.2) is 0 Å². The smallest absolute Gasteiger partial charge is 0.0648 e. The van der Waals surface area contributed by atoms with Gasteiger partial charge in [0.2, 0.25) is 0 Å². The molecule has 2 rings (SSSR count). The molecule has 2 heteroatoms. The molecule has 1 aromatic heterocycles. The Hall–Kier alpha value is -0.890. The van der Waals surface area contributed by atoms with Crippen LogP contribution in [0.1, 0.15) is 44.9 Å². The zero-order valence-electron chi connectivity index (χ0n) is 10.2. The molecule has 0 saturated carbocycles. The summed E-state index contributed by atoms with van der Waals surface area (Å²) in [7, 11) is 0. The van der Waals surface area contributed by atoms with Crippen LogP contribution in [0.2, 0.25) is 0 Å². The van der Waals surface area contributed by atoms with E-state index in [2.05, 4.69) is 43.3 Å². The molecule has 1 heterocycles. The van der Waals surface area contributed by atoms with Gasteiger partial charge in [0.15, 0.2) is 0 Å². The summed E-state index contributed by atoms with van der Waals surface area (Å²) in [5, 5.41) is 1.36. The first-order valence-electron chi connectivity index (χ1n) is 5.55. The average Bonchev–Trinajstić information content (AvgIpc) is 2.66. The molecule has 2 aromatic rings. The van der Waals surface area contributed by atoms with Gasteiger partial charge in [0, 0.05) is 5.39 Å². The second-order valence-electron chi connectivity index (χ2n) is 3.67. The highest BCUT2D eigenvalue weighted by Gasteiger charge is 2.10. The molecule has 0 fully saturated rings. The third-order valence-corrected chi connectivity index (χ3v) is 3.10. The van der Waals surface area contributed by atoms with Gasteiger partial charge in [-0.05, 0) is 36.0 Å². The predicted octanol–water partition coefficient (Wildman–Crippen LogP) is 4.75. The Kier molecular flexibility index (Phi) is 4.28. The first-order chi connectivity index (χ1) is 7.20. The fraction of sp³-hybridized carbons (Fsp3) is 0.462. The van der Waals surface area contributed by atoms with Gasteiger partial charge in [-0.15, -0.1) is 0 Å². The minimum atomic E-state index is 0.523. The second kappa shape index (κ2) is 5.26. The van der Waals surface area contributed by atoms with E-state index in [-0.39, 0.29) is 0 Å². The number of benzene rings is 1. The Labute approximate surface area is 96.3 Å². The van der Waals surface area contributed by atoms with Crippen molar-refractivity contribution >= 4 is 21.6 Å². The van der Waals surface area contributed by atoms with E-state index in [4.69, 9.17) is 0 Å². The highest BCUT2D eigenvalue weighted by atomic mass is 32.1. The van der Waals surface area contributed by atoms with E-state index in [1.807, 2.05) is 13.8 Å². The maximum Gasteiger partial charge on any atom is 0.0648 e. The Morgan fingerprint density at radius 1 is 1.20 bits per heavy atom. The Bertz CT molecular complexity index is 429. The minimum absolute atomic E-state index is 0.523. The van der Waals surface area contributed by atoms with Gasteiger partial charge in [0.25, 0.3) is 0 Å². The molecule has 0 saturated heterocycles. The summed E-state index contributed by atoms with van der Waals surface area (Å²) in [6.45, 7) is 10.5. The molecule has 0 unspecified atom stereocenters. The summed E-state index contributed by atoms with van der Waals surface area (Å²) in [6, 6.07) is 6.40. The molecular weight excluding hydrogens is 202 g/mol. The summed E-state index contributed by atoms with van der Waals surface area (Å²) < 4.78 is 5.81. The van der Waals surface area contributed by atoms with E-state index < -0.39 is 0 Å². The molecule has 0 spiro atoms. The van der Waals surface area contributed by atoms with Crippen molar-refractivity contribution in [1.29, 1.82) is 0 Å². The second-order valence-corrected chi connectivity index (χ2v) is 4.48. The van der Waals surface area contributed by atoms with Crippen molar-refractivity contribution in [1.82, 2.24) is 4.37 Å². The van der Waals surface area contributed by atoms with E-state index >= 15 is 0 Å². The van der Waals surface area contributed by atoms with Gasteiger partial charge < -0.3 is 0 Å². The average molecular weight is 221 g/mol. The van der Waals surface area contributed by atoms with Crippen molar-refractivity contribution in [2.24, 2.45) is 0 Å². The standard InChI is InChI=1S/C11H13NS.C2H6/c1-7(2)11-10-8(3)5-4-6-9(10)13-12-11;1-2/h4-7H,1-3H3;1-2H3. The molecule has 0 N–H and O–H groups in total. The van der Waals surface area contributed by atoms with E-state index in [0.29, 0.717) is 5.92 Å². The molecule has 1 aromatic carbocycles. The predicted molar refractivity (Wildman–Crippen MR) is 69.8 cm³/mol. The molecular formula is C13H19NS. The van der Waals surface area contributed by atoms with Crippen LogP contribution in [0.3, 0.4) is 0 Å². The van der Waals surface area contributed by atoms with Crippen LogP contribution in [0.25, 0.3) is 10.1 Å². The Morgan fingerprint density at radius 2 is 1.87 bits per heavy atom. The van der Waals surface area contributed by atoms with Gasteiger partial charge in [-0.2, -0.15) is 4.37 Å². The quantitative estimate of drug-likeness (QED) is 0.677. The number of fused-ring (bicyclic) bond motifs is 1. The molecule has 0 aliphatic carbocycles. The normalized spacial score (nSPS) is 10.3. The van der Waals surface area contributed by atoms with Gasteiger partial charge in [-0.3, -0.25) is 0 Å². The summed E-state index contributed by atoms with van der Waals surface area (Å²) >= 11 is 1.61. The lowest BCUT2D eigenvalue weighted by Gasteiger charge is -2.02. The Balaban J connectivity index is 0.000000531. The molecule has 0 aliphatic rings. The summed E-state index contributed by atoms with van der Waals surface area (Å²) in [6.07, 6.45) is 0. The van der Waals surface area contributed by atoms with Crippen molar-refractivity contribution in [3.8, 4) is 0 Å². The summed E-state index contributed by atoms with van der Waals surface area (Å²) in [4.78, 5) is 0. The number of nitrogens with zero attached hydrogens (tertiary/aromatic N) is 1. The zero-order valence-corrected chi connectivity index (χ0v) is 11.0. The topological polar surface area (TPSA) is 12.9 Å². The highest BCUT2D eigenvalue weighted by Crippen LogP contribution is 2.30. The van der Waals surface area contributed by atoms with Crippen molar-refractivity contribution in [3.63, 3.8) is 0 Å². The van der Waals surface area contributed by atoms with Crippen LogP contribution in [0.5, 0.6) is 0 Å². The van der Waals surface area contributed by atoms with Crippen LogP contribution in [-0.4, -0.2) is 4.37 Å². The van der Waals surface area contributed by atoms with Crippen LogP contribution >= 0.6 is 11.5 Å². The fourth-order valence-corrected chi connectivity index (χ4v) is 2.58. The number of aryl methyl sites for hydroxylation is 1. The van der Waals surface area contributed by atoms with E-state index in [1.54, 1.807) is 11.5 Å². The molecule has 0 radical (unpaired) electrons. The van der Waals surface area contributed by atoms with Crippen LogP contribution in [0.4, 0.5) is 0 Å². The third kappa shape index (κ3) is 2.37. The largest absolute Gasteiger partial charge is 0.196 e. The molecule has 0 aliphatic heterocycles. The number of hydrogen-bond donors (Lipinski definition) is 0. The number of hydrogen-bond acceptors (Lipinski definition) is 2. The fourth-order valence-electron chi connectivity index (χ4n) is 1.58. The van der Waals surface area contributed by atoms with E-state index in [0.717, 1.165) is 0 Å². The minimum Gasteiger partial charge on any atom is -0.196 e. The monoisotopic (exact) mass is 221 g/mol. The Morgan fingerprint density at radius 3 is 2.47 bits per heavy atom. The van der Waals surface area contributed by atoms with Crippen molar-refractivity contribution < 1.29 is 0 Å². The highest BCUT2D eigenvalue weighted by molar-refractivity contribution is 7.13. The van der Waals surface area contributed by atoms with Crippen molar-refractivity contribution in [2.45, 2.75) is 40.5 Å². The first-order valence-corrected chi connectivity index (χ1v) is 6.32. The summed E-state index contributed by atoms with van der Waals surface area (Å²) in [5.41, 5.74) is 2.59. The number of rotatable bonds is 1. The molecule has 0 atom stereocenters. The molecule has 0 bridgehead atoms. The van der Waals surface area contributed by atoms with Crippen LogP contribution in [-0.2, 0) is 0 Å². The van der Waals surface area contributed by atoms with Crippen LogP contribution in [0.15, 0.2) is 18.2 Å². The first kappa shape index (κ1) is 12.2. The van der Waals surface area contributed by atoms with Crippen molar-refractivity contribution in [3.05, 3.63) is 29.5 Å². The number of aromatic nitrogens is 1. The lowest BCUT2D eigenvalue weighted by Crippen LogP contribution is -1.88. The summed E-state index contributed by atoms with van der Waals surface area (Å²) in [5.74, 6) is 0.523. The molecule has 1 nitrogen and oxygen atoms in total. The molecule has 82 valence electrons. The maximum absolute atomic E-state index is 4.50. The maximum atomic E-state index is 4.50. The van der Waals surface area contributed by atoms with Crippen LogP contribution < -0.4 is 0 Å². The van der Waals surface area contributed by atoms with Gasteiger partial charge >= 0.3 is 0 Å². The van der Waals surface area contributed by atoms with Gasteiger partial charge in [-0.1, -0.05) is 39.8 Å². The SMILES string of the molecule is CC.Cc1cccc2snc(C(C)C)c12. The van der Waals surface area contributed by atoms with E-state index in [9.17, 15) is 0 Å². The zero-order chi connectivity index (χ0) is 11.4. The van der Waals surface area contributed by atoms with Crippen molar-refractivity contribution in [2.75, 3.05) is 0 Å². The molecule has 0 amide bonds.